The van der Waals surface area contributed by atoms with E-state index in [1.807, 2.05) is 15.6 Å². The monoisotopic (exact) mass is 489 g/mol. The van der Waals surface area contributed by atoms with Crippen LogP contribution in [0.15, 0.2) is 42.7 Å². The maximum Gasteiger partial charge on any atom is 0.257 e. The molecule has 10 nitrogen and oxygen atoms in total. The van der Waals surface area contributed by atoms with Crippen molar-refractivity contribution in [3.8, 4) is 0 Å². The predicted octanol–water partition coefficient (Wildman–Crippen LogP) is 2.14. The highest BCUT2D eigenvalue weighted by Crippen LogP contribution is 2.39. The Balaban J connectivity index is 1.27. The van der Waals surface area contributed by atoms with Gasteiger partial charge in [0.15, 0.2) is 5.82 Å². The van der Waals surface area contributed by atoms with Crippen molar-refractivity contribution in [1.82, 2.24) is 45.1 Å². The Hall–Kier alpha value is -3.11. The minimum atomic E-state index is -0.291. The summed E-state index contributed by atoms with van der Waals surface area (Å²) < 4.78 is 1.98. The molecule has 6 rings (SSSR count). The van der Waals surface area contributed by atoms with Crippen LogP contribution in [0, 0.1) is 0 Å². The van der Waals surface area contributed by atoms with Crippen molar-refractivity contribution in [3.63, 3.8) is 0 Å². The highest BCUT2D eigenvalue weighted by molar-refractivity contribution is 5.93. The molecule has 1 saturated carbocycles. The van der Waals surface area contributed by atoms with Gasteiger partial charge in [0, 0.05) is 45.0 Å². The maximum absolute atomic E-state index is 13.1. The molecule has 0 spiro atoms. The lowest BCUT2D eigenvalue weighted by molar-refractivity contribution is 0.00915. The van der Waals surface area contributed by atoms with E-state index in [4.69, 9.17) is 0 Å². The van der Waals surface area contributed by atoms with Gasteiger partial charge in [-0.3, -0.25) is 19.7 Å². The molecule has 0 bridgehead atoms. The summed E-state index contributed by atoms with van der Waals surface area (Å²) in [4.78, 5) is 20.3. The normalized spacial score (nSPS) is 21.7. The Kier molecular flexibility index (Phi) is 6.54. The fraction of sp³-hybridized carbons (Fsp3) is 0.577. The number of amides is 1. The smallest absolute Gasteiger partial charge is 0.257 e. The van der Waals surface area contributed by atoms with Gasteiger partial charge in [-0.2, -0.15) is 5.10 Å². The lowest BCUT2D eigenvalue weighted by Crippen LogP contribution is -2.56. The number of rotatable bonds is 6. The first-order chi connectivity index (χ1) is 17.7. The van der Waals surface area contributed by atoms with E-state index >= 15 is 0 Å². The summed E-state index contributed by atoms with van der Waals surface area (Å²) >= 11 is 0. The maximum atomic E-state index is 13.1. The van der Waals surface area contributed by atoms with E-state index in [0.717, 1.165) is 57.3 Å². The number of aromatic nitrogens is 6. The second-order valence-corrected chi connectivity index (χ2v) is 10.4. The van der Waals surface area contributed by atoms with Gasteiger partial charge >= 0.3 is 0 Å². The molecular formula is C26H35N9O. The fourth-order valence-electron chi connectivity index (χ4n) is 6.19. The van der Waals surface area contributed by atoms with Crippen molar-refractivity contribution in [2.24, 2.45) is 0 Å². The number of nitrogens with zero attached hydrogens (tertiary/aromatic N) is 8. The molecule has 1 aliphatic carbocycles. The Morgan fingerprint density at radius 1 is 1.00 bits per heavy atom. The van der Waals surface area contributed by atoms with Crippen LogP contribution in [0.4, 0.5) is 0 Å². The minimum Gasteiger partial charge on any atom is -0.338 e. The molecule has 3 fully saturated rings. The number of carbonyl (C=O) groups excluding carboxylic acids is 1. The van der Waals surface area contributed by atoms with E-state index < -0.39 is 0 Å². The predicted molar refractivity (Wildman–Crippen MR) is 134 cm³/mol. The highest BCUT2D eigenvalue weighted by atomic mass is 16.2. The van der Waals surface area contributed by atoms with Crippen LogP contribution in [0.3, 0.4) is 0 Å². The van der Waals surface area contributed by atoms with E-state index in [-0.39, 0.29) is 11.4 Å². The van der Waals surface area contributed by atoms with Gasteiger partial charge in [0.05, 0.1) is 23.8 Å². The second-order valence-electron chi connectivity index (χ2n) is 10.4. The molecule has 3 aliphatic rings. The third-order valence-electron chi connectivity index (χ3n) is 8.47. The van der Waals surface area contributed by atoms with Gasteiger partial charge in [-0.05, 0) is 54.6 Å². The topological polar surface area (TPSA) is 99.1 Å². The van der Waals surface area contributed by atoms with Crippen molar-refractivity contribution in [2.75, 3.05) is 39.3 Å². The SMILES string of the molecule is O=C(c1cn[nH]c1)N1CCC(c2nnnn2Cc2ccccc2)(N2CCCN(C3CCC3)CC2)CC1. The molecule has 3 aromatic rings. The lowest BCUT2D eigenvalue weighted by atomic mass is 9.84. The first-order valence-electron chi connectivity index (χ1n) is 13.3. The van der Waals surface area contributed by atoms with Crippen LogP contribution in [0.1, 0.15) is 60.3 Å². The molecule has 1 amide bonds. The number of likely N-dealkylation sites (tertiary alicyclic amines) is 1. The largest absolute Gasteiger partial charge is 0.338 e. The van der Waals surface area contributed by atoms with Crippen molar-refractivity contribution in [2.45, 2.75) is 56.7 Å². The standard InChI is InChI=1S/C26H35N9O/c36-24(22-18-27-28-19-22)33-14-10-26(11-15-33,34-13-5-12-32(16-17-34)23-8-4-9-23)25-29-30-31-35(25)20-21-6-2-1-3-7-21/h1-3,6-7,18-19,23H,4-5,8-17,20H2,(H,27,28). The molecule has 2 aliphatic heterocycles. The molecule has 1 N–H and O–H groups in total. The van der Waals surface area contributed by atoms with Crippen LogP contribution < -0.4 is 0 Å². The quantitative estimate of drug-likeness (QED) is 0.566. The summed E-state index contributed by atoms with van der Waals surface area (Å²) in [5.74, 6) is 0.965. The number of tetrazole rings is 1. The molecule has 2 aromatic heterocycles. The van der Waals surface area contributed by atoms with E-state index in [1.54, 1.807) is 12.4 Å². The van der Waals surface area contributed by atoms with Crippen molar-refractivity contribution in [1.29, 1.82) is 0 Å². The van der Waals surface area contributed by atoms with E-state index in [9.17, 15) is 4.79 Å². The van der Waals surface area contributed by atoms with Gasteiger partial charge in [0.25, 0.3) is 5.91 Å². The number of carbonyl (C=O) groups is 1. The van der Waals surface area contributed by atoms with Crippen LogP contribution in [0.2, 0.25) is 0 Å². The fourth-order valence-corrected chi connectivity index (χ4v) is 6.19. The molecule has 4 heterocycles. The summed E-state index contributed by atoms with van der Waals surface area (Å²) in [7, 11) is 0. The van der Waals surface area contributed by atoms with Crippen molar-refractivity contribution >= 4 is 5.91 Å². The van der Waals surface area contributed by atoms with Crippen LogP contribution in [-0.4, -0.2) is 96.3 Å². The molecule has 190 valence electrons. The number of hydrogen-bond donors (Lipinski definition) is 1. The number of piperidine rings is 1. The minimum absolute atomic E-state index is 0.0354. The molecule has 0 atom stereocenters. The van der Waals surface area contributed by atoms with Gasteiger partial charge in [-0.1, -0.05) is 36.8 Å². The van der Waals surface area contributed by atoms with Crippen LogP contribution in [0.25, 0.3) is 0 Å². The first-order valence-corrected chi connectivity index (χ1v) is 13.3. The Labute approximate surface area is 211 Å². The molecule has 2 saturated heterocycles. The molecule has 0 radical (unpaired) electrons. The number of aromatic amines is 1. The molecule has 10 heteroatoms. The van der Waals surface area contributed by atoms with Gasteiger partial charge in [0.1, 0.15) is 0 Å². The summed E-state index contributed by atoms with van der Waals surface area (Å²) in [6, 6.07) is 11.1. The average Bonchev–Trinajstić information content (AvgIpc) is 3.53. The third kappa shape index (κ3) is 4.43. The number of hydrogen-bond acceptors (Lipinski definition) is 7. The third-order valence-corrected chi connectivity index (χ3v) is 8.47. The van der Waals surface area contributed by atoms with E-state index in [0.29, 0.717) is 25.2 Å². The average molecular weight is 490 g/mol. The van der Waals surface area contributed by atoms with Crippen LogP contribution in [-0.2, 0) is 12.1 Å². The summed E-state index contributed by atoms with van der Waals surface area (Å²) in [5, 5.41) is 19.9. The van der Waals surface area contributed by atoms with Gasteiger partial charge in [-0.15, -0.1) is 5.10 Å². The van der Waals surface area contributed by atoms with Crippen LogP contribution >= 0.6 is 0 Å². The Bertz CT molecular complexity index is 1130. The molecule has 1 aromatic carbocycles. The number of benzene rings is 1. The first kappa shape index (κ1) is 23.3. The molecule has 0 unspecified atom stereocenters. The Morgan fingerprint density at radius 2 is 1.83 bits per heavy atom. The lowest BCUT2D eigenvalue weighted by Gasteiger charge is -2.47. The second kappa shape index (κ2) is 10.1. The van der Waals surface area contributed by atoms with Gasteiger partial charge in [0.2, 0.25) is 0 Å². The van der Waals surface area contributed by atoms with E-state index in [1.165, 1.54) is 24.8 Å². The molecule has 36 heavy (non-hydrogen) atoms. The number of H-pyrrole nitrogens is 1. The Morgan fingerprint density at radius 3 is 2.56 bits per heavy atom. The van der Waals surface area contributed by atoms with Gasteiger partial charge in [-0.25, -0.2) is 4.68 Å². The summed E-state index contributed by atoms with van der Waals surface area (Å²) in [5.41, 5.74) is 1.50. The molecular weight excluding hydrogens is 454 g/mol. The zero-order chi connectivity index (χ0) is 24.4. The van der Waals surface area contributed by atoms with Crippen molar-refractivity contribution in [3.05, 3.63) is 59.7 Å². The van der Waals surface area contributed by atoms with Crippen LogP contribution in [0.5, 0.6) is 0 Å². The summed E-state index contributed by atoms with van der Waals surface area (Å²) in [6.45, 7) is 6.27. The highest BCUT2D eigenvalue weighted by Gasteiger charge is 2.47. The van der Waals surface area contributed by atoms with Crippen molar-refractivity contribution < 1.29 is 4.79 Å². The van der Waals surface area contributed by atoms with Gasteiger partial charge < -0.3 is 4.90 Å². The zero-order valence-corrected chi connectivity index (χ0v) is 20.8. The summed E-state index contributed by atoms with van der Waals surface area (Å²) in [6.07, 6.45) is 10.1. The zero-order valence-electron chi connectivity index (χ0n) is 20.8. The number of nitrogens with one attached hydrogen (secondary N) is 1. The van der Waals surface area contributed by atoms with E-state index in [2.05, 4.69) is 59.8 Å².